The highest BCUT2D eigenvalue weighted by Crippen LogP contribution is 2.41. The molecule has 0 bridgehead atoms. The molecular formula is C54H34N4. The molecule has 9 aromatic carbocycles. The first-order chi connectivity index (χ1) is 28.8. The number of rotatable bonds is 5. The van der Waals surface area contributed by atoms with Crippen LogP contribution in [0.2, 0.25) is 0 Å². The van der Waals surface area contributed by atoms with E-state index in [1.807, 2.05) is 6.07 Å². The van der Waals surface area contributed by atoms with E-state index in [1.165, 1.54) is 49.1 Å². The van der Waals surface area contributed by atoms with Crippen molar-refractivity contribution < 1.29 is 0 Å². The van der Waals surface area contributed by atoms with Gasteiger partial charge in [-0.15, -0.1) is 0 Å². The van der Waals surface area contributed by atoms with Gasteiger partial charge in [0.15, 0.2) is 0 Å². The fourth-order valence-electron chi connectivity index (χ4n) is 9.09. The molecule has 3 aromatic heterocycles. The Morgan fingerprint density at radius 1 is 0.328 bits per heavy atom. The van der Waals surface area contributed by atoms with Crippen LogP contribution in [-0.2, 0) is 0 Å². The van der Waals surface area contributed by atoms with Gasteiger partial charge in [0, 0.05) is 43.4 Å². The number of hydrogen-bond donors (Lipinski definition) is 0. The van der Waals surface area contributed by atoms with Crippen molar-refractivity contribution in [2.75, 3.05) is 0 Å². The van der Waals surface area contributed by atoms with Gasteiger partial charge < -0.3 is 4.57 Å². The average Bonchev–Trinajstić information content (AvgIpc) is 3.81. The third-order valence-electron chi connectivity index (χ3n) is 11.7. The van der Waals surface area contributed by atoms with Crippen LogP contribution in [0, 0.1) is 0 Å². The Hall–Kier alpha value is -7.82. The quantitative estimate of drug-likeness (QED) is 0.176. The largest absolute Gasteiger partial charge is 0.309 e. The summed E-state index contributed by atoms with van der Waals surface area (Å²) in [6, 6.07) is 73.8. The minimum atomic E-state index is 0.654. The highest BCUT2D eigenvalue weighted by atomic mass is 15.2. The van der Waals surface area contributed by atoms with Gasteiger partial charge in [-0.25, -0.2) is 9.97 Å². The fraction of sp³-hybridized carbons (Fsp3) is 0. The lowest BCUT2D eigenvalue weighted by Crippen LogP contribution is -2.03. The number of hydrogen-bond acceptors (Lipinski definition) is 2. The van der Waals surface area contributed by atoms with Gasteiger partial charge in [0.05, 0.1) is 39.0 Å². The van der Waals surface area contributed by atoms with Gasteiger partial charge in [-0.2, -0.15) is 0 Å². The van der Waals surface area contributed by atoms with Crippen LogP contribution in [-0.4, -0.2) is 19.1 Å². The van der Waals surface area contributed by atoms with Crippen LogP contribution < -0.4 is 0 Å². The standard InChI is InChI=1S/C54H34N4/c1-3-15-35(16-4-1)40-20-10-13-25-48(40)57-49-26-14-11-22-42(49)46-33-38(29-32-50(46)57)39-28-30-43-44-31-27-36-17-7-8-21-41(36)53(44)58(51(43)34-39)54-55-47-24-12-9-23-45(47)52(56-54)37-18-5-2-6-19-37/h1-34H. The number of aromatic nitrogens is 4. The van der Waals surface area contributed by atoms with Crippen LogP contribution in [0.5, 0.6) is 0 Å². The second-order valence-electron chi connectivity index (χ2n) is 15.0. The van der Waals surface area contributed by atoms with Gasteiger partial charge in [0.2, 0.25) is 5.95 Å². The van der Waals surface area contributed by atoms with Crippen molar-refractivity contribution in [3.05, 3.63) is 206 Å². The molecule has 3 heterocycles. The SMILES string of the molecule is c1ccc(-c2ccccc2-n2c3ccccc3c3cc(-c4ccc5c6ccc7ccccc7c6n(-c6nc(-c7ccccc7)c7ccccc7n6)c5c4)ccc32)cc1. The van der Waals surface area contributed by atoms with Crippen LogP contribution in [0.1, 0.15) is 0 Å². The highest BCUT2D eigenvalue weighted by Gasteiger charge is 2.21. The molecule has 4 heteroatoms. The second kappa shape index (κ2) is 12.9. The topological polar surface area (TPSA) is 35.6 Å². The van der Waals surface area contributed by atoms with Gasteiger partial charge in [0.1, 0.15) is 0 Å². The second-order valence-corrected chi connectivity index (χ2v) is 15.0. The molecule has 0 aliphatic carbocycles. The predicted octanol–water partition coefficient (Wildman–Crippen LogP) is 14.0. The summed E-state index contributed by atoms with van der Waals surface area (Å²) >= 11 is 0. The van der Waals surface area contributed by atoms with E-state index in [-0.39, 0.29) is 0 Å². The molecule has 58 heavy (non-hydrogen) atoms. The molecule has 0 N–H and O–H groups in total. The smallest absolute Gasteiger partial charge is 0.235 e. The van der Waals surface area contributed by atoms with Crippen molar-refractivity contribution in [1.29, 1.82) is 0 Å². The molecular weight excluding hydrogens is 705 g/mol. The molecule has 0 unspecified atom stereocenters. The van der Waals surface area contributed by atoms with E-state index in [1.54, 1.807) is 0 Å². The van der Waals surface area contributed by atoms with Crippen LogP contribution in [0.15, 0.2) is 206 Å². The summed E-state index contributed by atoms with van der Waals surface area (Å²) in [5.74, 6) is 0.654. The molecule has 0 aliphatic rings. The van der Waals surface area contributed by atoms with Gasteiger partial charge in [0.25, 0.3) is 0 Å². The summed E-state index contributed by atoms with van der Waals surface area (Å²) in [5, 5.41) is 8.16. The molecule has 4 nitrogen and oxygen atoms in total. The monoisotopic (exact) mass is 738 g/mol. The van der Waals surface area contributed by atoms with Crippen molar-refractivity contribution in [2.24, 2.45) is 0 Å². The molecule has 0 radical (unpaired) electrons. The molecule has 270 valence electrons. The fourth-order valence-corrected chi connectivity index (χ4v) is 9.09. The van der Waals surface area contributed by atoms with E-state index < -0.39 is 0 Å². The van der Waals surface area contributed by atoms with Crippen molar-refractivity contribution in [3.63, 3.8) is 0 Å². The maximum atomic E-state index is 5.41. The summed E-state index contributed by atoms with van der Waals surface area (Å²) in [5.41, 5.74) is 13.3. The summed E-state index contributed by atoms with van der Waals surface area (Å²) in [7, 11) is 0. The summed E-state index contributed by atoms with van der Waals surface area (Å²) in [4.78, 5) is 10.7. The summed E-state index contributed by atoms with van der Waals surface area (Å²) in [6.45, 7) is 0. The molecule has 0 atom stereocenters. The Labute approximate surface area is 334 Å². The predicted molar refractivity (Wildman–Crippen MR) is 242 cm³/mol. The minimum Gasteiger partial charge on any atom is -0.309 e. The molecule has 0 aliphatic heterocycles. The number of nitrogens with zero attached hydrogens (tertiary/aromatic N) is 4. The maximum absolute atomic E-state index is 5.41. The van der Waals surface area contributed by atoms with E-state index in [0.717, 1.165) is 55.4 Å². The van der Waals surface area contributed by atoms with E-state index >= 15 is 0 Å². The molecule has 0 saturated heterocycles. The van der Waals surface area contributed by atoms with Gasteiger partial charge in [-0.05, 0) is 58.5 Å². The average molecular weight is 739 g/mol. The molecule has 0 spiro atoms. The molecule has 12 rings (SSSR count). The zero-order chi connectivity index (χ0) is 38.2. The highest BCUT2D eigenvalue weighted by molar-refractivity contribution is 6.19. The normalized spacial score (nSPS) is 11.8. The van der Waals surface area contributed by atoms with Crippen molar-refractivity contribution in [1.82, 2.24) is 19.1 Å². The zero-order valence-electron chi connectivity index (χ0n) is 31.4. The summed E-state index contributed by atoms with van der Waals surface area (Å²) < 4.78 is 4.71. The Morgan fingerprint density at radius 2 is 0.948 bits per heavy atom. The third-order valence-corrected chi connectivity index (χ3v) is 11.7. The van der Waals surface area contributed by atoms with Crippen molar-refractivity contribution in [2.45, 2.75) is 0 Å². The van der Waals surface area contributed by atoms with E-state index in [2.05, 4.69) is 209 Å². The first kappa shape index (κ1) is 32.4. The van der Waals surface area contributed by atoms with Crippen LogP contribution in [0.25, 0.3) is 110 Å². The Balaban J connectivity index is 1.11. The van der Waals surface area contributed by atoms with E-state index in [0.29, 0.717) is 5.95 Å². The first-order valence-corrected chi connectivity index (χ1v) is 19.8. The Kier molecular flexibility index (Phi) is 7.20. The number of benzene rings is 9. The molecule has 0 fully saturated rings. The third kappa shape index (κ3) is 4.95. The van der Waals surface area contributed by atoms with Crippen LogP contribution >= 0.6 is 0 Å². The van der Waals surface area contributed by atoms with Gasteiger partial charge >= 0.3 is 0 Å². The Morgan fingerprint density at radius 3 is 1.81 bits per heavy atom. The summed E-state index contributed by atoms with van der Waals surface area (Å²) in [6.07, 6.45) is 0. The molecule has 12 aromatic rings. The lowest BCUT2D eigenvalue weighted by Gasteiger charge is -2.14. The minimum absolute atomic E-state index is 0.654. The van der Waals surface area contributed by atoms with Crippen LogP contribution in [0.3, 0.4) is 0 Å². The van der Waals surface area contributed by atoms with Crippen molar-refractivity contribution >= 4 is 65.3 Å². The first-order valence-electron chi connectivity index (χ1n) is 19.8. The van der Waals surface area contributed by atoms with Gasteiger partial charge in [-0.1, -0.05) is 170 Å². The number of para-hydroxylation sites is 3. The maximum Gasteiger partial charge on any atom is 0.235 e. The molecule has 0 amide bonds. The lowest BCUT2D eigenvalue weighted by molar-refractivity contribution is 1.02. The Bertz CT molecular complexity index is 3560. The van der Waals surface area contributed by atoms with E-state index in [4.69, 9.17) is 9.97 Å². The van der Waals surface area contributed by atoms with Crippen LogP contribution in [0.4, 0.5) is 0 Å². The van der Waals surface area contributed by atoms with Crippen molar-refractivity contribution in [3.8, 4) is 45.1 Å². The number of fused-ring (bicyclic) bond motifs is 9. The van der Waals surface area contributed by atoms with Gasteiger partial charge in [-0.3, -0.25) is 4.57 Å². The lowest BCUT2D eigenvalue weighted by atomic mass is 10.0. The molecule has 0 saturated carbocycles. The zero-order valence-corrected chi connectivity index (χ0v) is 31.4. The van der Waals surface area contributed by atoms with E-state index in [9.17, 15) is 0 Å².